The molecule has 2 saturated heterocycles. The van der Waals surface area contributed by atoms with Gasteiger partial charge in [-0.25, -0.2) is 0 Å². The van der Waals surface area contributed by atoms with Gasteiger partial charge in [0.25, 0.3) is 0 Å². The minimum absolute atomic E-state index is 0.0958. The van der Waals surface area contributed by atoms with Crippen molar-refractivity contribution in [2.75, 3.05) is 12.3 Å². The first-order valence-electron chi connectivity index (χ1n) is 4.81. The largest absolute Gasteiger partial charge is 0.338 e. The Hall–Kier alpha value is -0.180. The van der Waals surface area contributed by atoms with Crippen LogP contribution in [0.5, 0.6) is 0 Å². The van der Waals surface area contributed by atoms with Gasteiger partial charge in [-0.05, 0) is 26.7 Å². The van der Waals surface area contributed by atoms with Gasteiger partial charge in [-0.15, -0.1) is 0 Å². The average molecular weight is 197 g/mol. The van der Waals surface area contributed by atoms with Crippen LogP contribution in [-0.2, 0) is 4.79 Å². The summed E-state index contributed by atoms with van der Waals surface area (Å²) in [4.78, 5) is 13.7. The molecule has 13 heavy (non-hydrogen) atoms. The Morgan fingerprint density at radius 2 is 2.38 bits per heavy atom. The standard InChI is InChI=1S/C10H15NOS/c1-10(2)6-9(12)11-5-3-4-8(11)7-13-10/h8H,3-5,7H2,1-2H3. The van der Waals surface area contributed by atoms with E-state index in [-0.39, 0.29) is 10.7 Å². The molecule has 2 nitrogen and oxygen atoms in total. The minimum Gasteiger partial charge on any atom is -0.338 e. The second-order valence-electron chi connectivity index (χ2n) is 4.24. The highest BCUT2D eigenvalue weighted by Crippen LogP contribution is 2.35. The lowest BCUT2D eigenvalue weighted by Crippen LogP contribution is -2.36. The third-order valence-electron chi connectivity index (χ3n) is 2.68. The van der Waals surface area contributed by atoms with Gasteiger partial charge in [0, 0.05) is 23.1 Å². The zero-order valence-electron chi connectivity index (χ0n) is 8.17. The van der Waals surface area contributed by atoms with Crippen LogP contribution in [0, 0.1) is 6.42 Å². The fraction of sp³-hybridized carbons (Fsp3) is 0.800. The Bertz CT molecular complexity index is 227. The quantitative estimate of drug-likeness (QED) is 0.587. The van der Waals surface area contributed by atoms with Gasteiger partial charge in [-0.1, -0.05) is 0 Å². The molecule has 2 rings (SSSR count). The van der Waals surface area contributed by atoms with E-state index in [0.29, 0.717) is 6.04 Å². The van der Waals surface area contributed by atoms with Crippen molar-refractivity contribution in [3.05, 3.63) is 6.42 Å². The molecule has 1 atom stereocenters. The number of carbonyl (C=O) groups excluding carboxylic acids is 1. The van der Waals surface area contributed by atoms with Gasteiger partial charge in [-0.3, -0.25) is 4.79 Å². The molecular formula is C10H15NOS. The van der Waals surface area contributed by atoms with Crippen molar-refractivity contribution in [1.82, 2.24) is 4.90 Å². The van der Waals surface area contributed by atoms with Crippen molar-refractivity contribution in [1.29, 1.82) is 0 Å². The average Bonchev–Trinajstić information content (AvgIpc) is 2.43. The summed E-state index contributed by atoms with van der Waals surface area (Å²) >= 11 is 1.85. The fourth-order valence-electron chi connectivity index (χ4n) is 1.95. The van der Waals surface area contributed by atoms with Crippen LogP contribution in [0.4, 0.5) is 0 Å². The highest BCUT2D eigenvalue weighted by molar-refractivity contribution is 8.00. The Morgan fingerprint density at radius 1 is 1.62 bits per heavy atom. The summed E-state index contributed by atoms with van der Waals surface area (Å²) in [5.41, 5.74) is 0. The Morgan fingerprint density at radius 3 is 3.15 bits per heavy atom. The first-order chi connectivity index (χ1) is 6.08. The predicted molar refractivity (Wildman–Crippen MR) is 54.5 cm³/mol. The number of rotatable bonds is 0. The molecule has 0 saturated carbocycles. The van der Waals surface area contributed by atoms with Crippen LogP contribution in [0.2, 0.25) is 0 Å². The molecule has 2 heterocycles. The number of fused-ring (bicyclic) bond motifs is 1. The van der Waals surface area contributed by atoms with Crippen molar-refractivity contribution in [3.8, 4) is 0 Å². The lowest BCUT2D eigenvalue weighted by Gasteiger charge is -2.20. The highest BCUT2D eigenvalue weighted by Gasteiger charge is 2.37. The Balaban J connectivity index is 2.14. The monoisotopic (exact) mass is 197 g/mol. The van der Waals surface area contributed by atoms with Crippen LogP contribution in [0.15, 0.2) is 0 Å². The minimum atomic E-state index is -0.0958. The van der Waals surface area contributed by atoms with E-state index in [4.69, 9.17) is 0 Å². The van der Waals surface area contributed by atoms with Crippen molar-refractivity contribution in [2.24, 2.45) is 0 Å². The molecule has 0 N–H and O–H groups in total. The van der Waals surface area contributed by atoms with Gasteiger partial charge >= 0.3 is 0 Å². The Kier molecular flexibility index (Phi) is 2.30. The third-order valence-corrected chi connectivity index (χ3v) is 4.06. The van der Waals surface area contributed by atoms with Gasteiger partial charge in [0.1, 0.15) is 0 Å². The molecule has 0 aliphatic carbocycles. The number of amides is 1. The summed E-state index contributed by atoms with van der Waals surface area (Å²) in [6, 6.07) is 0.478. The first kappa shape index (κ1) is 9.38. The van der Waals surface area contributed by atoms with E-state index < -0.39 is 0 Å². The van der Waals surface area contributed by atoms with Gasteiger partial charge < -0.3 is 4.90 Å². The molecule has 1 amide bonds. The van der Waals surface area contributed by atoms with E-state index >= 15 is 0 Å². The van der Waals surface area contributed by atoms with E-state index in [1.165, 1.54) is 12.8 Å². The molecule has 0 aromatic rings. The summed E-state index contributed by atoms with van der Waals surface area (Å²) < 4.78 is -0.0958. The first-order valence-corrected chi connectivity index (χ1v) is 5.80. The van der Waals surface area contributed by atoms with Crippen LogP contribution in [-0.4, -0.2) is 33.9 Å². The maximum atomic E-state index is 11.7. The third kappa shape index (κ3) is 1.85. The molecule has 0 spiro atoms. The van der Waals surface area contributed by atoms with Crippen molar-refractivity contribution < 1.29 is 4.79 Å². The van der Waals surface area contributed by atoms with Gasteiger partial charge in [0.15, 0.2) is 0 Å². The van der Waals surface area contributed by atoms with Gasteiger partial charge in [-0.2, -0.15) is 11.8 Å². The molecular weight excluding hydrogens is 182 g/mol. The summed E-state index contributed by atoms with van der Waals surface area (Å²) in [5, 5.41) is 0. The molecule has 2 aliphatic heterocycles. The molecule has 72 valence electrons. The molecule has 3 heteroatoms. The number of thioether (sulfide) groups is 1. The lowest BCUT2D eigenvalue weighted by atomic mass is 10.1. The van der Waals surface area contributed by atoms with E-state index in [1.54, 1.807) is 0 Å². The molecule has 2 aliphatic rings. The van der Waals surface area contributed by atoms with Crippen LogP contribution >= 0.6 is 11.8 Å². The highest BCUT2D eigenvalue weighted by atomic mass is 32.2. The van der Waals surface area contributed by atoms with Crippen LogP contribution in [0.25, 0.3) is 0 Å². The smallest absolute Gasteiger partial charge is 0.232 e. The number of hydrogen-bond acceptors (Lipinski definition) is 2. The SMILES string of the molecule is CC1(C)[C]C(=O)N2CCCC2CS1. The lowest BCUT2D eigenvalue weighted by molar-refractivity contribution is -0.128. The fourth-order valence-corrected chi connectivity index (χ4v) is 3.06. The topological polar surface area (TPSA) is 20.3 Å². The predicted octanol–water partition coefficient (Wildman–Crippen LogP) is 1.58. The second-order valence-corrected chi connectivity index (χ2v) is 5.88. The summed E-state index contributed by atoms with van der Waals surface area (Å²) in [6.07, 6.45) is 5.38. The zero-order valence-corrected chi connectivity index (χ0v) is 8.99. The molecule has 2 radical (unpaired) electrons. The molecule has 0 aromatic carbocycles. The van der Waals surface area contributed by atoms with Crippen molar-refractivity contribution >= 4 is 17.7 Å². The van der Waals surface area contributed by atoms with E-state index in [1.807, 2.05) is 16.7 Å². The van der Waals surface area contributed by atoms with Gasteiger partial charge in [0.2, 0.25) is 5.91 Å². The summed E-state index contributed by atoms with van der Waals surface area (Å²) in [6.45, 7) is 5.07. The van der Waals surface area contributed by atoms with Crippen LogP contribution in [0.1, 0.15) is 26.7 Å². The molecule has 0 bridgehead atoms. The van der Waals surface area contributed by atoms with Crippen LogP contribution in [0.3, 0.4) is 0 Å². The van der Waals surface area contributed by atoms with E-state index in [0.717, 1.165) is 12.3 Å². The maximum Gasteiger partial charge on any atom is 0.232 e. The maximum absolute atomic E-state index is 11.7. The van der Waals surface area contributed by atoms with E-state index in [2.05, 4.69) is 20.3 Å². The Labute approximate surface area is 84.1 Å². The molecule has 2 fully saturated rings. The van der Waals surface area contributed by atoms with Crippen molar-refractivity contribution in [2.45, 2.75) is 37.5 Å². The number of carbonyl (C=O) groups is 1. The zero-order chi connectivity index (χ0) is 9.47. The van der Waals surface area contributed by atoms with Crippen molar-refractivity contribution in [3.63, 3.8) is 0 Å². The molecule has 1 unspecified atom stereocenters. The van der Waals surface area contributed by atoms with Crippen LogP contribution < -0.4 is 0 Å². The number of hydrogen-bond donors (Lipinski definition) is 0. The molecule has 0 aromatic heterocycles. The summed E-state index contributed by atoms with van der Waals surface area (Å²) in [7, 11) is 0. The normalized spacial score (nSPS) is 32.9. The van der Waals surface area contributed by atoms with E-state index in [9.17, 15) is 4.79 Å². The summed E-state index contributed by atoms with van der Waals surface area (Å²) in [5.74, 6) is 1.20. The second kappa shape index (κ2) is 3.19. The van der Waals surface area contributed by atoms with Gasteiger partial charge in [0.05, 0.1) is 6.42 Å². The number of nitrogens with zero attached hydrogens (tertiary/aromatic N) is 1.